The molecule has 0 aliphatic carbocycles. The maximum Gasteiger partial charge on any atom is 0.232 e. The summed E-state index contributed by atoms with van der Waals surface area (Å²) in [6, 6.07) is 9.65. The minimum atomic E-state index is -1.31. The van der Waals surface area contributed by atoms with Gasteiger partial charge in [-0.3, -0.25) is 9.00 Å². The van der Waals surface area contributed by atoms with Gasteiger partial charge in [0.05, 0.1) is 11.4 Å². The molecule has 0 aliphatic rings. The van der Waals surface area contributed by atoms with Crippen molar-refractivity contribution in [2.45, 2.75) is 39.0 Å². The Kier molecular flexibility index (Phi) is 6.10. The number of benzene rings is 1. The molecule has 0 fully saturated rings. The Morgan fingerprint density at radius 2 is 2.04 bits per heavy atom. The first-order chi connectivity index (χ1) is 11.0. The molecular formula is C17H22N2O3S. The molecule has 2 aromatic rings. The number of nitrogens with zero attached hydrogens (tertiary/aromatic N) is 1. The molecule has 124 valence electrons. The SMILES string of the molecule is CC[C@H](C)NC(=O)C[S@@](=O)Cc1nc(-c2ccccc2)oc1C. The topological polar surface area (TPSA) is 72.2 Å². The number of oxazole rings is 1. The van der Waals surface area contributed by atoms with Gasteiger partial charge in [0.1, 0.15) is 11.5 Å². The highest BCUT2D eigenvalue weighted by Crippen LogP contribution is 2.22. The van der Waals surface area contributed by atoms with E-state index in [1.165, 1.54) is 0 Å². The molecule has 0 bridgehead atoms. The molecule has 1 aromatic heterocycles. The third-order valence-corrected chi connectivity index (χ3v) is 4.70. The third kappa shape index (κ3) is 5.03. The fourth-order valence-corrected chi connectivity index (χ4v) is 3.09. The molecule has 0 unspecified atom stereocenters. The lowest BCUT2D eigenvalue weighted by Crippen LogP contribution is -2.35. The number of rotatable bonds is 7. The van der Waals surface area contributed by atoms with Crippen molar-refractivity contribution >= 4 is 16.7 Å². The summed E-state index contributed by atoms with van der Waals surface area (Å²) in [5.41, 5.74) is 1.51. The van der Waals surface area contributed by atoms with E-state index < -0.39 is 10.8 Å². The Morgan fingerprint density at radius 1 is 1.35 bits per heavy atom. The van der Waals surface area contributed by atoms with Crippen molar-refractivity contribution in [1.82, 2.24) is 10.3 Å². The van der Waals surface area contributed by atoms with E-state index in [1.807, 2.05) is 44.2 Å². The fraction of sp³-hybridized carbons (Fsp3) is 0.412. The molecule has 5 nitrogen and oxygen atoms in total. The number of aryl methyl sites for hydroxylation is 1. The van der Waals surface area contributed by atoms with E-state index in [9.17, 15) is 9.00 Å². The fourth-order valence-electron chi connectivity index (χ4n) is 2.03. The van der Waals surface area contributed by atoms with Crippen LogP contribution in [0.5, 0.6) is 0 Å². The largest absolute Gasteiger partial charge is 0.441 e. The second kappa shape index (κ2) is 8.06. The van der Waals surface area contributed by atoms with Gasteiger partial charge in [-0.1, -0.05) is 25.1 Å². The van der Waals surface area contributed by atoms with Crippen LogP contribution in [0.1, 0.15) is 31.7 Å². The van der Waals surface area contributed by atoms with Crippen LogP contribution in [0.15, 0.2) is 34.7 Å². The van der Waals surface area contributed by atoms with Gasteiger partial charge in [0.2, 0.25) is 11.8 Å². The van der Waals surface area contributed by atoms with E-state index in [2.05, 4.69) is 10.3 Å². The summed E-state index contributed by atoms with van der Waals surface area (Å²) in [5, 5.41) is 2.82. The van der Waals surface area contributed by atoms with Crippen molar-refractivity contribution in [3.05, 3.63) is 41.8 Å². The van der Waals surface area contributed by atoms with Crippen LogP contribution < -0.4 is 5.32 Å². The molecule has 0 saturated carbocycles. The number of carbonyl (C=O) groups excluding carboxylic acids is 1. The summed E-state index contributed by atoms with van der Waals surface area (Å²) in [4.78, 5) is 16.2. The zero-order valence-electron chi connectivity index (χ0n) is 13.7. The van der Waals surface area contributed by atoms with Gasteiger partial charge in [-0.2, -0.15) is 0 Å². The Labute approximate surface area is 139 Å². The van der Waals surface area contributed by atoms with E-state index in [0.29, 0.717) is 17.3 Å². The Balaban J connectivity index is 1.99. The molecule has 1 aromatic carbocycles. The summed E-state index contributed by atoms with van der Waals surface area (Å²) < 4.78 is 17.8. The molecule has 1 heterocycles. The number of hydrogen-bond acceptors (Lipinski definition) is 4. The van der Waals surface area contributed by atoms with Crippen LogP contribution in [0.25, 0.3) is 11.5 Å². The standard InChI is InChI=1S/C17H22N2O3S/c1-4-12(2)18-16(20)11-23(21)10-15-13(3)22-17(19-15)14-8-6-5-7-9-14/h5-9,12H,4,10-11H2,1-3H3,(H,18,20)/t12-,23-/m0/s1. The first-order valence-corrected chi connectivity index (χ1v) is 9.14. The number of carbonyl (C=O) groups is 1. The second-order valence-electron chi connectivity index (χ2n) is 5.49. The highest BCUT2D eigenvalue weighted by atomic mass is 32.2. The summed E-state index contributed by atoms with van der Waals surface area (Å²) in [6.07, 6.45) is 0.848. The summed E-state index contributed by atoms with van der Waals surface area (Å²) in [5.74, 6) is 1.16. The maximum absolute atomic E-state index is 12.2. The molecule has 0 saturated heterocycles. The quantitative estimate of drug-likeness (QED) is 0.845. The van der Waals surface area contributed by atoms with Gasteiger partial charge in [-0.15, -0.1) is 0 Å². The van der Waals surface area contributed by atoms with E-state index in [4.69, 9.17) is 4.42 Å². The highest BCUT2D eigenvalue weighted by Gasteiger charge is 2.16. The lowest BCUT2D eigenvalue weighted by molar-refractivity contribution is -0.119. The molecular weight excluding hydrogens is 312 g/mol. The zero-order chi connectivity index (χ0) is 16.8. The first-order valence-electron chi connectivity index (χ1n) is 7.65. The second-order valence-corrected chi connectivity index (χ2v) is 6.95. The Morgan fingerprint density at radius 3 is 2.70 bits per heavy atom. The summed E-state index contributed by atoms with van der Waals surface area (Å²) in [6.45, 7) is 5.71. The Hall–Kier alpha value is -1.95. The predicted octanol–water partition coefficient (Wildman–Crippen LogP) is 2.81. The van der Waals surface area contributed by atoms with Gasteiger partial charge < -0.3 is 9.73 Å². The molecule has 0 radical (unpaired) electrons. The number of aromatic nitrogens is 1. The van der Waals surface area contributed by atoms with Crippen LogP contribution >= 0.6 is 0 Å². The van der Waals surface area contributed by atoms with Gasteiger partial charge in [-0.05, 0) is 32.4 Å². The number of amides is 1. The minimum absolute atomic E-state index is 0.0166. The van der Waals surface area contributed by atoms with E-state index in [0.717, 1.165) is 12.0 Å². The molecule has 2 atom stereocenters. The van der Waals surface area contributed by atoms with Crippen molar-refractivity contribution in [3.8, 4) is 11.5 Å². The minimum Gasteiger partial charge on any atom is -0.441 e. The molecule has 6 heteroatoms. The van der Waals surface area contributed by atoms with Gasteiger partial charge in [0.25, 0.3) is 0 Å². The molecule has 23 heavy (non-hydrogen) atoms. The van der Waals surface area contributed by atoms with Crippen molar-refractivity contribution < 1.29 is 13.4 Å². The monoisotopic (exact) mass is 334 g/mol. The van der Waals surface area contributed by atoms with Crippen LogP contribution in [-0.4, -0.2) is 26.9 Å². The summed E-state index contributed by atoms with van der Waals surface area (Å²) in [7, 11) is -1.31. The predicted molar refractivity (Wildman–Crippen MR) is 91.3 cm³/mol. The third-order valence-electron chi connectivity index (χ3n) is 3.52. The van der Waals surface area contributed by atoms with Crippen LogP contribution in [0.3, 0.4) is 0 Å². The van der Waals surface area contributed by atoms with Gasteiger partial charge >= 0.3 is 0 Å². The lowest BCUT2D eigenvalue weighted by atomic mass is 10.2. The normalized spacial score (nSPS) is 13.5. The summed E-state index contributed by atoms with van der Waals surface area (Å²) >= 11 is 0. The molecule has 1 N–H and O–H groups in total. The molecule has 2 rings (SSSR count). The van der Waals surface area contributed by atoms with E-state index in [-0.39, 0.29) is 23.5 Å². The van der Waals surface area contributed by atoms with E-state index in [1.54, 1.807) is 6.92 Å². The molecule has 1 amide bonds. The highest BCUT2D eigenvalue weighted by molar-refractivity contribution is 7.84. The number of nitrogens with one attached hydrogen (secondary N) is 1. The maximum atomic E-state index is 12.2. The smallest absolute Gasteiger partial charge is 0.232 e. The van der Waals surface area contributed by atoms with Crippen LogP contribution in [0.4, 0.5) is 0 Å². The zero-order valence-corrected chi connectivity index (χ0v) is 14.5. The van der Waals surface area contributed by atoms with Crippen LogP contribution in [0, 0.1) is 6.92 Å². The van der Waals surface area contributed by atoms with Crippen LogP contribution in [-0.2, 0) is 21.3 Å². The first kappa shape index (κ1) is 17.4. The number of hydrogen-bond donors (Lipinski definition) is 1. The lowest BCUT2D eigenvalue weighted by Gasteiger charge is -2.10. The Bertz CT molecular complexity index is 682. The van der Waals surface area contributed by atoms with Crippen molar-refractivity contribution in [2.24, 2.45) is 0 Å². The molecule has 0 aliphatic heterocycles. The average Bonchev–Trinajstić information content (AvgIpc) is 2.88. The van der Waals surface area contributed by atoms with Crippen molar-refractivity contribution in [2.75, 3.05) is 5.75 Å². The van der Waals surface area contributed by atoms with Crippen molar-refractivity contribution in [1.29, 1.82) is 0 Å². The van der Waals surface area contributed by atoms with Crippen molar-refractivity contribution in [3.63, 3.8) is 0 Å². The molecule has 0 spiro atoms. The van der Waals surface area contributed by atoms with Gasteiger partial charge in [0.15, 0.2) is 0 Å². The average molecular weight is 334 g/mol. The van der Waals surface area contributed by atoms with Gasteiger partial charge in [0, 0.05) is 22.4 Å². The van der Waals surface area contributed by atoms with Gasteiger partial charge in [-0.25, -0.2) is 4.98 Å². The van der Waals surface area contributed by atoms with Crippen LogP contribution in [0.2, 0.25) is 0 Å². The van der Waals surface area contributed by atoms with E-state index >= 15 is 0 Å².